The third kappa shape index (κ3) is 3.94. The first-order chi connectivity index (χ1) is 9.78. The van der Waals surface area contributed by atoms with Crippen molar-refractivity contribution in [3.05, 3.63) is 34.9 Å². The van der Waals surface area contributed by atoms with Gasteiger partial charge in [0.1, 0.15) is 0 Å². The van der Waals surface area contributed by atoms with Crippen LogP contribution in [-0.4, -0.2) is 25.1 Å². The Kier molecular flexibility index (Phi) is 4.52. The molecule has 0 aliphatic rings. The molecule has 0 fully saturated rings. The molecule has 5 heteroatoms. The van der Waals surface area contributed by atoms with Gasteiger partial charge in [-0.1, -0.05) is 0 Å². The van der Waals surface area contributed by atoms with Crippen LogP contribution in [0.25, 0.3) is 0 Å². The Hall–Kier alpha value is -1.62. The van der Waals surface area contributed by atoms with E-state index in [1.807, 2.05) is 17.9 Å². The number of aryl methyl sites for hydroxylation is 4. The Morgan fingerprint density at radius 3 is 2.52 bits per heavy atom. The van der Waals surface area contributed by atoms with Crippen LogP contribution in [-0.2, 0) is 26.6 Å². The van der Waals surface area contributed by atoms with Crippen molar-refractivity contribution in [3.8, 4) is 0 Å². The lowest BCUT2D eigenvalue weighted by atomic mass is 10.1. The van der Waals surface area contributed by atoms with Gasteiger partial charge in [-0.3, -0.25) is 9.36 Å². The quantitative estimate of drug-likeness (QED) is 0.919. The smallest absolute Gasteiger partial charge is 0.0641 e. The van der Waals surface area contributed by atoms with Crippen LogP contribution in [0.2, 0.25) is 0 Å². The van der Waals surface area contributed by atoms with Crippen molar-refractivity contribution in [2.45, 2.75) is 59.7 Å². The zero-order chi connectivity index (χ0) is 15.6. The van der Waals surface area contributed by atoms with Crippen molar-refractivity contribution in [2.24, 2.45) is 7.05 Å². The minimum absolute atomic E-state index is 0.121. The van der Waals surface area contributed by atoms with Crippen LogP contribution < -0.4 is 5.32 Å². The van der Waals surface area contributed by atoms with E-state index in [9.17, 15) is 0 Å². The molecule has 1 N–H and O–H groups in total. The summed E-state index contributed by atoms with van der Waals surface area (Å²) >= 11 is 0. The molecule has 5 nitrogen and oxygen atoms in total. The average molecular weight is 289 g/mol. The van der Waals surface area contributed by atoms with Gasteiger partial charge in [-0.25, -0.2) is 0 Å². The van der Waals surface area contributed by atoms with E-state index in [4.69, 9.17) is 0 Å². The third-order valence-electron chi connectivity index (χ3n) is 3.83. The van der Waals surface area contributed by atoms with E-state index in [-0.39, 0.29) is 5.54 Å². The molecule has 0 aliphatic heterocycles. The third-order valence-corrected chi connectivity index (χ3v) is 3.83. The predicted molar refractivity (Wildman–Crippen MR) is 85.2 cm³/mol. The van der Waals surface area contributed by atoms with E-state index < -0.39 is 0 Å². The molecule has 2 aromatic heterocycles. The highest BCUT2D eigenvalue weighted by molar-refractivity contribution is 5.24. The summed E-state index contributed by atoms with van der Waals surface area (Å²) in [7, 11) is 1.98. The number of hydrogen-bond acceptors (Lipinski definition) is 3. The lowest BCUT2D eigenvalue weighted by Gasteiger charge is -2.20. The number of nitrogens with one attached hydrogen (secondary N) is 1. The van der Waals surface area contributed by atoms with Crippen molar-refractivity contribution < 1.29 is 0 Å². The van der Waals surface area contributed by atoms with Crippen LogP contribution in [0.5, 0.6) is 0 Å². The van der Waals surface area contributed by atoms with Gasteiger partial charge in [0.2, 0.25) is 0 Å². The lowest BCUT2D eigenvalue weighted by Crippen LogP contribution is -2.35. The summed E-state index contributed by atoms with van der Waals surface area (Å²) in [6, 6.07) is 2.06. The van der Waals surface area contributed by atoms with E-state index in [1.54, 1.807) is 0 Å². The Bertz CT molecular complexity index is 601. The van der Waals surface area contributed by atoms with Gasteiger partial charge in [0.15, 0.2) is 0 Å². The zero-order valence-corrected chi connectivity index (χ0v) is 14.1. The predicted octanol–water partition coefficient (Wildman–Crippen LogP) is 2.36. The minimum Gasteiger partial charge on any atom is -0.308 e. The topological polar surface area (TPSA) is 47.7 Å². The Morgan fingerprint density at radius 1 is 1.24 bits per heavy atom. The normalized spacial score (nSPS) is 12.1. The SMILES string of the molecule is Cc1nn(CCc2ccnn2C)c(C)c1CNC(C)(C)C. The van der Waals surface area contributed by atoms with E-state index in [1.165, 1.54) is 17.0 Å². The number of hydrogen-bond donors (Lipinski definition) is 1. The molecule has 0 bridgehead atoms. The molecule has 0 aliphatic carbocycles. The van der Waals surface area contributed by atoms with Crippen LogP contribution in [0.4, 0.5) is 0 Å². The highest BCUT2D eigenvalue weighted by atomic mass is 15.3. The number of aromatic nitrogens is 4. The van der Waals surface area contributed by atoms with Gasteiger partial charge in [0.25, 0.3) is 0 Å². The molecule has 116 valence electrons. The molecule has 0 unspecified atom stereocenters. The molecule has 0 saturated carbocycles. The van der Waals surface area contributed by atoms with Gasteiger partial charge >= 0.3 is 0 Å². The minimum atomic E-state index is 0.121. The van der Waals surface area contributed by atoms with Crippen LogP contribution >= 0.6 is 0 Å². The number of nitrogens with zero attached hydrogens (tertiary/aromatic N) is 4. The highest BCUT2D eigenvalue weighted by Crippen LogP contribution is 2.15. The Morgan fingerprint density at radius 2 is 1.95 bits per heavy atom. The van der Waals surface area contributed by atoms with Crippen molar-refractivity contribution in [2.75, 3.05) is 0 Å². The molecule has 0 radical (unpaired) electrons. The second-order valence-electron chi connectivity index (χ2n) is 6.67. The van der Waals surface area contributed by atoms with Crippen molar-refractivity contribution in [1.82, 2.24) is 24.9 Å². The van der Waals surface area contributed by atoms with Crippen LogP contribution in [0.1, 0.15) is 43.4 Å². The van der Waals surface area contributed by atoms with E-state index in [0.29, 0.717) is 0 Å². The molecule has 2 aromatic rings. The molecule has 2 rings (SSSR count). The first-order valence-corrected chi connectivity index (χ1v) is 7.53. The number of rotatable bonds is 5. The van der Waals surface area contributed by atoms with E-state index >= 15 is 0 Å². The fourth-order valence-electron chi connectivity index (χ4n) is 2.43. The fourth-order valence-corrected chi connectivity index (χ4v) is 2.43. The summed E-state index contributed by atoms with van der Waals surface area (Å²) in [5.41, 5.74) is 5.04. The summed E-state index contributed by atoms with van der Waals surface area (Å²) < 4.78 is 4.04. The maximum Gasteiger partial charge on any atom is 0.0641 e. The maximum absolute atomic E-state index is 4.69. The van der Waals surface area contributed by atoms with E-state index in [0.717, 1.165) is 25.2 Å². The summed E-state index contributed by atoms with van der Waals surface area (Å²) in [5.74, 6) is 0. The van der Waals surface area contributed by atoms with Crippen LogP contribution in [0.3, 0.4) is 0 Å². The van der Waals surface area contributed by atoms with Gasteiger partial charge in [0, 0.05) is 55.2 Å². The fraction of sp³-hybridized carbons (Fsp3) is 0.625. The largest absolute Gasteiger partial charge is 0.308 e. The molecule has 0 atom stereocenters. The molecule has 0 aromatic carbocycles. The molecule has 2 heterocycles. The lowest BCUT2D eigenvalue weighted by molar-refractivity contribution is 0.423. The highest BCUT2D eigenvalue weighted by Gasteiger charge is 2.15. The summed E-state index contributed by atoms with van der Waals surface area (Å²) in [6.07, 6.45) is 2.79. The second-order valence-corrected chi connectivity index (χ2v) is 6.67. The Balaban J connectivity index is 2.06. The molecular formula is C16H27N5. The summed E-state index contributed by atoms with van der Waals surface area (Å²) in [4.78, 5) is 0. The van der Waals surface area contributed by atoms with Gasteiger partial charge in [0.05, 0.1) is 5.69 Å². The first-order valence-electron chi connectivity index (χ1n) is 7.53. The van der Waals surface area contributed by atoms with Crippen molar-refractivity contribution >= 4 is 0 Å². The average Bonchev–Trinajstić information content (AvgIpc) is 2.89. The second kappa shape index (κ2) is 6.02. The Labute approximate surface area is 127 Å². The molecule has 21 heavy (non-hydrogen) atoms. The van der Waals surface area contributed by atoms with Crippen LogP contribution in [0.15, 0.2) is 12.3 Å². The van der Waals surface area contributed by atoms with E-state index in [2.05, 4.69) is 60.9 Å². The first kappa shape index (κ1) is 15.8. The summed E-state index contributed by atoms with van der Waals surface area (Å²) in [5, 5.41) is 12.4. The monoisotopic (exact) mass is 289 g/mol. The van der Waals surface area contributed by atoms with Gasteiger partial charge in [-0.2, -0.15) is 10.2 Å². The standard InChI is InChI=1S/C16H27N5/c1-12-15(11-17-16(3,4)5)13(2)21(19-12)10-8-14-7-9-18-20(14)6/h7,9,17H,8,10-11H2,1-6H3. The molecular weight excluding hydrogens is 262 g/mol. The zero-order valence-electron chi connectivity index (χ0n) is 14.1. The summed E-state index contributed by atoms with van der Waals surface area (Å²) in [6.45, 7) is 12.6. The van der Waals surface area contributed by atoms with Crippen LogP contribution in [0, 0.1) is 13.8 Å². The van der Waals surface area contributed by atoms with Gasteiger partial charge < -0.3 is 5.32 Å². The maximum atomic E-state index is 4.69. The van der Waals surface area contributed by atoms with Gasteiger partial charge in [-0.15, -0.1) is 0 Å². The molecule has 0 amide bonds. The van der Waals surface area contributed by atoms with Gasteiger partial charge in [-0.05, 0) is 40.7 Å². The van der Waals surface area contributed by atoms with Crippen molar-refractivity contribution in [1.29, 1.82) is 0 Å². The van der Waals surface area contributed by atoms with Crippen molar-refractivity contribution in [3.63, 3.8) is 0 Å². The molecule has 0 saturated heterocycles. The molecule has 0 spiro atoms.